The van der Waals surface area contributed by atoms with Crippen LogP contribution in [0.15, 0.2) is 41.4 Å². The second kappa shape index (κ2) is 8.19. The van der Waals surface area contributed by atoms with E-state index in [0.29, 0.717) is 17.1 Å². The fourth-order valence-electron chi connectivity index (χ4n) is 4.52. The van der Waals surface area contributed by atoms with Crippen LogP contribution in [0.2, 0.25) is 0 Å². The first kappa shape index (κ1) is 20.0. The SMILES string of the molecule is COc1cc2c(cc1OC)C1CC(OC(C)=O)CCC1N=C2c1ccc(C#N)cc1. The van der Waals surface area contributed by atoms with Crippen molar-refractivity contribution in [3.8, 4) is 17.6 Å². The van der Waals surface area contributed by atoms with Gasteiger partial charge in [0, 0.05) is 24.0 Å². The topological polar surface area (TPSA) is 80.9 Å². The largest absolute Gasteiger partial charge is 0.493 e. The molecule has 3 unspecified atom stereocenters. The lowest BCUT2D eigenvalue weighted by molar-refractivity contribution is -0.148. The van der Waals surface area contributed by atoms with Gasteiger partial charge < -0.3 is 14.2 Å². The normalized spacial score (nSPS) is 22.1. The van der Waals surface area contributed by atoms with E-state index in [1.54, 1.807) is 14.2 Å². The molecule has 4 rings (SSSR count). The highest BCUT2D eigenvalue weighted by Crippen LogP contribution is 2.45. The standard InChI is InChI=1S/C24H24N2O4/c1-14(27)30-17-8-9-21-19(10-17)18-11-22(28-2)23(29-3)12-20(18)24(26-21)16-6-4-15(13-25)5-7-16/h4-7,11-12,17,19,21H,8-10H2,1-3H3. The summed E-state index contributed by atoms with van der Waals surface area (Å²) in [6.45, 7) is 1.45. The first-order valence-electron chi connectivity index (χ1n) is 10.1. The van der Waals surface area contributed by atoms with E-state index < -0.39 is 0 Å². The number of esters is 1. The van der Waals surface area contributed by atoms with Gasteiger partial charge in [-0.3, -0.25) is 9.79 Å². The van der Waals surface area contributed by atoms with E-state index in [2.05, 4.69) is 6.07 Å². The van der Waals surface area contributed by atoms with Crippen LogP contribution in [0.4, 0.5) is 0 Å². The van der Waals surface area contributed by atoms with Crippen molar-refractivity contribution < 1.29 is 19.0 Å². The van der Waals surface area contributed by atoms with Crippen molar-refractivity contribution in [1.29, 1.82) is 5.26 Å². The average molecular weight is 404 g/mol. The number of aliphatic imine (C=N–C) groups is 1. The van der Waals surface area contributed by atoms with Crippen LogP contribution >= 0.6 is 0 Å². The number of carbonyl (C=O) groups excluding carboxylic acids is 1. The molecule has 1 heterocycles. The minimum Gasteiger partial charge on any atom is -0.493 e. The third-order valence-electron chi connectivity index (χ3n) is 5.89. The van der Waals surface area contributed by atoms with Crippen molar-refractivity contribution in [3.63, 3.8) is 0 Å². The molecule has 154 valence electrons. The molecule has 1 aliphatic heterocycles. The molecule has 0 aromatic heterocycles. The monoisotopic (exact) mass is 404 g/mol. The molecule has 2 aliphatic rings. The number of carbonyl (C=O) groups is 1. The first-order valence-corrected chi connectivity index (χ1v) is 10.1. The molecule has 0 bridgehead atoms. The van der Waals surface area contributed by atoms with Gasteiger partial charge in [0.1, 0.15) is 6.10 Å². The van der Waals surface area contributed by atoms with Gasteiger partial charge in [0.05, 0.1) is 37.6 Å². The molecule has 0 N–H and O–H groups in total. The van der Waals surface area contributed by atoms with Crippen molar-refractivity contribution in [2.75, 3.05) is 14.2 Å². The predicted octanol–water partition coefficient (Wildman–Crippen LogP) is 3.99. The fourth-order valence-corrected chi connectivity index (χ4v) is 4.52. The van der Waals surface area contributed by atoms with Gasteiger partial charge in [-0.25, -0.2) is 0 Å². The van der Waals surface area contributed by atoms with Crippen LogP contribution in [0.25, 0.3) is 0 Å². The van der Waals surface area contributed by atoms with Crippen LogP contribution in [-0.2, 0) is 9.53 Å². The molecule has 3 atom stereocenters. The van der Waals surface area contributed by atoms with E-state index in [-0.39, 0.29) is 24.0 Å². The van der Waals surface area contributed by atoms with Gasteiger partial charge in [-0.05, 0) is 49.1 Å². The Bertz CT molecular complexity index is 1040. The Morgan fingerprint density at radius 3 is 2.43 bits per heavy atom. The molecule has 30 heavy (non-hydrogen) atoms. The molecule has 0 saturated heterocycles. The van der Waals surface area contributed by atoms with Gasteiger partial charge in [0.15, 0.2) is 11.5 Å². The number of hydrogen-bond acceptors (Lipinski definition) is 6. The van der Waals surface area contributed by atoms with Crippen molar-refractivity contribution >= 4 is 11.7 Å². The Balaban J connectivity index is 1.81. The number of ether oxygens (including phenoxy) is 3. The number of rotatable bonds is 4. The molecule has 6 heteroatoms. The van der Waals surface area contributed by atoms with Gasteiger partial charge >= 0.3 is 5.97 Å². The summed E-state index contributed by atoms with van der Waals surface area (Å²) in [6, 6.07) is 13.7. The van der Waals surface area contributed by atoms with Gasteiger partial charge in [0.25, 0.3) is 0 Å². The maximum absolute atomic E-state index is 11.5. The molecule has 0 radical (unpaired) electrons. The molecule has 1 fully saturated rings. The molecule has 2 aromatic rings. The Morgan fingerprint density at radius 1 is 1.10 bits per heavy atom. The summed E-state index contributed by atoms with van der Waals surface area (Å²) >= 11 is 0. The van der Waals surface area contributed by atoms with Crippen molar-refractivity contribution in [3.05, 3.63) is 58.7 Å². The summed E-state index contributed by atoms with van der Waals surface area (Å²) in [5.74, 6) is 1.21. The number of methoxy groups -OCH3 is 2. The number of nitrogens with zero attached hydrogens (tertiary/aromatic N) is 2. The zero-order valence-electron chi connectivity index (χ0n) is 17.3. The smallest absolute Gasteiger partial charge is 0.302 e. The minimum absolute atomic E-state index is 0.101. The van der Waals surface area contributed by atoms with Crippen molar-refractivity contribution in [1.82, 2.24) is 0 Å². The molecule has 2 aromatic carbocycles. The van der Waals surface area contributed by atoms with E-state index in [1.807, 2.05) is 36.4 Å². The number of nitriles is 1. The predicted molar refractivity (Wildman–Crippen MR) is 112 cm³/mol. The summed E-state index contributed by atoms with van der Waals surface area (Å²) in [4.78, 5) is 16.6. The van der Waals surface area contributed by atoms with Gasteiger partial charge in [-0.2, -0.15) is 5.26 Å². The summed E-state index contributed by atoms with van der Waals surface area (Å²) < 4.78 is 16.6. The maximum atomic E-state index is 11.5. The van der Waals surface area contributed by atoms with Crippen LogP contribution in [0.5, 0.6) is 11.5 Å². The Hall–Kier alpha value is -3.33. The third kappa shape index (κ3) is 3.63. The summed E-state index contributed by atoms with van der Waals surface area (Å²) in [5.41, 5.74) is 4.58. The maximum Gasteiger partial charge on any atom is 0.302 e. The van der Waals surface area contributed by atoms with Crippen molar-refractivity contribution in [2.45, 2.75) is 44.2 Å². The second-order valence-corrected chi connectivity index (χ2v) is 7.68. The molecule has 0 spiro atoms. The van der Waals surface area contributed by atoms with E-state index in [0.717, 1.165) is 41.7 Å². The highest BCUT2D eigenvalue weighted by atomic mass is 16.5. The lowest BCUT2D eigenvalue weighted by atomic mass is 9.74. The van der Waals surface area contributed by atoms with Gasteiger partial charge in [-0.1, -0.05) is 12.1 Å². The second-order valence-electron chi connectivity index (χ2n) is 7.68. The minimum atomic E-state index is -0.247. The highest BCUT2D eigenvalue weighted by molar-refractivity contribution is 6.15. The zero-order valence-corrected chi connectivity index (χ0v) is 17.3. The molecule has 0 amide bonds. The summed E-state index contributed by atoms with van der Waals surface area (Å²) in [6.07, 6.45) is 2.27. The van der Waals surface area contributed by atoms with Crippen LogP contribution < -0.4 is 9.47 Å². The van der Waals surface area contributed by atoms with E-state index in [1.165, 1.54) is 6.92 Å². The number of hydrogen-bond donors (Lipinski definition) is 0. The van der Waals surface area contributed by atoms with Crippen LogP contribution in [0.1, 0.15) is 54.4 Å². The van der Waals surface area contributed by atoms with Gasteiger partial charge in [-0.15, -0.1) is 0 Å². The van der Waals surface area contributed by atoms with E-state index >= 15 is 0 Å². The number of fused-ring (bicyclic) bond motifs is 3. The summed E-state index contributed by atoms with van der Waals surface area (Å²) in [5, 5.41) is 9.12. The van der Waals surface area contributed by atoms with E-state index in [9.17, 15) is 4.79 Å². The first-order chi connectivity index (χ1) is 14.5. The fraction of sp³-hybridized carbons (Fsp3) is 0.375. The lowest BCUT2D eigenvalue weighted by Crippen LogP contribution is -2.36. The Kier molecular flexibility index (Phi) is 5.45. The Labute approximate surface area is 176 Å². The van der Waals surface area contributed by atoms with Gasteiger partial charge in [0.2, 0.25) is 0 Å². The zero-order chi connectivity index (χ0) is 21.3. The summed E-state index contributed by atoms with van der Waals surface area (Å²) in [7, 11) is 3.24. The highest BCUT2D eigenvalue weighted by Gasteiger charge is 2.38. The van der Waals surface area contributed by atoms with Crippen molar-refractivity contribution in [2.24, 2.45) is 4.99 Å². The van der Waals surface area contributed by atoms with Crippen LogP contribution in [0, 0.1) is 11.3 Å². The van der Waals surface area contributed by atoms with Crippen LogP contribution in [0.3, 0.4) is 0 Å². The number of benzene rings is 2. The third-order valence-corrected chi connectivity index (χ3v) is 5.89. The molecule has 1 aliphatic carbocycles. The quantitative estimate of drug-likeness (QED) is 0.720. The van der Waals surface area contributed by atoms with Crippen LogP contribution in [-0.4, -0.2) is 38.0 Å². The molecular weight excluding hydrogens is 380 g/mol. The lowest BCUT2D eigenvalue weighted by Gasteiger charge is -2.38. The molecule has 6 nitrogen and oxygen atoms in total. The molecular formula is C24H24N2O4. The average Bonchev–Trinajstić information content (AvgIpc) is 2.77. The molecule has 1 saturated carbocycles. The van der Waals surface area contributed by atoms with E-state index in [4.69, 9.17) is 24.5 Å². The Morgan fingerprint density at radius 2 is 1.80 bits per heavy atom.